The first-order valence-corrected chi connectivity index (χ1v) is 7.45. The molecule has 0 amide bonds. The predicted octanol–water partition coefficient (Wildman–Crippen LogP) is 3.33. The standard InChI is InChI=1S/C8H11Cl2PS/c9-3-5-11(6-4-10)8-2-1-7-12-8/h1-2,7H,3-6H2. The summed E-state index contributed by atoms with van der Waals surface area (Å²) in [5, 5.41) is 2.12. The van der Waals surface area contributed by atoms with Crippen molar-refractivity contribution in [3.05, 3.63) is 17.5 Å². The first-order valence-electron chi connectivity index (χ1n) is 3.79. The van der Waals surface area contributed by atoms with Crippen LogP contribution in [0.4, 0.5) is 0 Å². The van der Waals surface area contributed by atoms with Crippen LogP contribution < -0.4 is 4.62 Å². The maximum atomic E-state index is 5.73. The number of hydrogen-bond acceptors (Lipinski definition) is 1. The maximum Gasteiger partial charge on any atom is 0.0279 e. The summed E-state index contributed by atoms with van der Waals surface area (Å²) in [6, 6.07) is 4.28. The van der Waals surface area contributed by atoms with Crippen LogP contribution in [0.15, 0.2) is 17.5 Å². The lowest BCUT2D eigenvalue weighted by molar-refractivity contribution is 1.44. The lowest BCUT2D eigenvalue weighted by atomic mass is 10.7. The third-order valence-electron chi connectivity index (χ3n) is 1.53. The molecule has 0 N–H and O–H groups in total. The minimum absolute atomic E-state index is 0.0643. The Labute approximate surface area is 88.6 Å². The Kier molecular flexibility index (Phi) is 5.58. The highest BCUT2D eigenvalue weighted by Crippen LogP contribution is 2.35. The maximum absolute atomic E-state index is 5.73. The normalized spacial score (nSPS) is 10.9. The van der Waals surface area contributed by atoms with E-state index in [0.717, 1.165) is 24.1 Å². The van der Waals surface area contributed by atoms with Crippen molar-refractivity contribution < 1.29 is 0 Å². The molecule has 0 aliphatic carbocycles. The van der Waals surface area contributed by atoms with Crippen molar-refractivity contribution in [2.24, 2.45) is 0 Å². The first-order chi connectivity index (χ1) is 5.88. The molecule has 68 valence electrons. The van der Waals surface area contributed by atoms with Crippen LogP contribution in [-0.2, 0) is 0 Å². The van der Waals surface area contributed by atoms with Crippen LogP contribution >= 0.6 is 42.5 Å². The lowest BCUT2D eigenvalue weighted by Gasteiger charge is -2.12. The number of halogens is 2. The zero-order chi connectivity index (χ0) is 8.81. The molecule has 0 spiro atoms. The van der Waals surface area contributed by atoms with Crippen molar-refractivity contribution in [2.45, 2.75) is 0 Å². The molecule has 0 saturated carbocycles. The largest absolute Gasteiger partial charge is 0.144 e. The van der Waals surface area contributed by atoms with Crippen LogP contribution in [0.5, 0.6) is 0 Å². The van der Waals surface area contributed by atoms with Crippen LogP contribution in [0.25, 0.3) is 0 Å². The Morgan fingerprint density at radius 3 is 2.33 bits per heavy atom. The highest BCUT2D eigenvalue weighted by molar-refractivity contribution is 7.71. The van der Waals surface area contributed by atoms with Gasteiger partial charge >= 0.3 is 0 Å². The highest BCUT2D eigenvalue weighted by atomic mass is 35.5. The zero-order valence-electron chi connectivity index (χ0n) is 6.67. The molecule has 0 nitrogen and oxygen atoms in total. The van der Waals surface area contributed by atoms with Crippen molar-refractivity contribution >= 4 is 47.1 Å². The van der Waals surface area contributed by atoms with Gasteiger partial charge in [0.05, 0.1) is 0 Å². The van der Waals surface area contributed by atoms with Gasteiger partial charge in [-0.05, 0) is 23.8 Å². The van der Waals surface area contributed by atoms with E-state index >= 15 is 0 Å². The molecule has 0 radical (unpaired) electrons. The molecule has 12 heavy (non-hydrogen) atoms. The van der Waals surface area contributed by atoms with Crippen LogP contribution in [0.1, 0.15) is 0 Å². The van der Waals surface area contributed by atoms with Crippen molar-refractivity contribution in [3.8, 4) is 0 Å². The summed E-state index contributed by atoms with van der Waals surface area (Å²) in [5.41, 5.74) is 0. The predicted molar refractivity (Wildman–Crippen MR) is 62.0 cm³/mol. The molecular formula is C8H11Cl2PS. The SMILES string of the molecule is ClCCP(CCCl)c1cccs1. The number of hydrogen-bond donors (Lipinski definition) is 0. The van der Waals surface area contributed by atoms with E-state index in [9.17, 15) is 0 Å². The number of alkyl halides is 2. The molecule has 1 rings (SSSR count). The smallest absolute Gasteiger partial charge is 0.0279 e. The summed E-state index contributed by atoms with van der Waals surface area (Å²) in [6.45, 7) is 0. The number of thiophene rings is 1. The Bertz CT molecular complexity index is 195. The first kappa shape index (κ1) is 10.8. The van der Waals surface area contributed by atoms with Gasteiger partial charge in [0.2, 0.25) is 0 Å². The van der Waals surface area contributed by atoms with Gasteiger partial charge in [0.15, 0.2) is 0 Å². The fourth-order valence-electron chi connectivity index (χ4n) is 0.986. The van der Waals surface area contributed by atoms with Gasteiger partial charge in [0, 0.05) is 16.4 Å². The summed E-state index contributed by atoms with van der Waals surface area (Å²) in [5.74, 6) is 1.50. The minimum Gasteiger partial charge on any atom is -0.144 e. The van der Waals surface area contributed by atoms with E-state index in [-0.39, 0.29) is 7.92 Å². The molecule has 4 heteroatoms. The molecule has 0 bridgehead atoms. The van der Waals surface area contributed by atoms with Gasteiger partial charge in [-0.25, -0.2) is 0 Å². The summed E-state index contributed by atoms with van der Waals surface area (Å²) in [7, 11) is -0.0643. The van der Waals surface area contributed by atoms with Gasteiger partial charge in [-0.1, -0.05) is 14.0 Å². The Balaban J connectivity index is 2.53. The average Bonchev–Trinajstić information content (AvgIpc) is 2.56. The Hall–Kier alpha value is 0.710. The molecular weight excluding hydrogens is 230 g/mol. The van der Waals surface area contributed by atoms with Crippen LogP contribution in [0, 0.1) is 0 Å². The van der Waals surface area contributed by atoms with Crippen molar-refractivity contribution in [2.75, 3.05) is 24.1 Å². The fourth-order valence-corrected chi connectivity index (χ4v) is 5.36. The number of rotatable bonds is 5. The summed E-state index contributed by atoms with van der Waals surface area (Å²) in [6.07, 6.45) is 2.20. The van der Waals surface area contributed by atoms with Crippen molar-refractivity contribution in [1.82, 2.24) is 0 Å². The van der Waals surface area contributed by atoms with Crippen molar-refractivity contribution in [3.63, 3.8) is 0 Å². The second kappa shape index (κ2) is 6.21. The van der Waals surface area contributed by atoms with Crippen LogP contribution in [0.3, 0.4) is 0 Å². The average molecular weight is 241 g/mol. The van der Waals surface area contributed by atoms with Gasteiger partial charge in [0.25, 0.3) is 0 Å². The quantitative estimate of drug-likeness (QED) is 0.548. The van der Waals surface area contributed by atoms with Gasteiger partial charge in [-0.15, -0.1) is 34.5 Å². The molecule has 0 saturated heterocycles. The van der Waals surface area contributed by atoms with E-state index in [1.165, 1.54) is 4.62 Å². The van der Waals surface area contributed by atoms with E-state index in [0.29, 0.717) is 0 Å². The Morgan fingerprint density at radius 2 is 1.92 bits per heavy atom. The van der Waals surface area contributed by atoms with Gasteiger partial charge < -0.3 is 0 Å². The highest BCUT2D eigenvalue weighted by Gasteiger charge is 2.09. The van der Waals surface area contributed by atoms with E-state index in [1.54, 1.807) is 0 Å². The molecule has 1 aromatic heterocycles. The van der Waals surface area contributed by atoms with E-state index < -0.39 is 0 Å². The summed E-state index contributed by atoms with van der Waals surface area (Å²) < 4.78 is 1.48. The molecule has 0 atom stereocenters. The van der Waals surface area contributed by atoms with Gasteiger partial charge in [0.1, 0.15) is 0 Å². The van der Waals surface area contributed by atoms with Gasteiger partial charge in [-0.3, -0.25) is 0 Å². The summed E-state index contributed by atoms with van der Waals surface area (Å²) in [4.78, 5) is 0. The zero-order valence-corrected chi connectivity index (χ0v) is 9.89. The van der Waals surface area contributed by atoms with E-state index in [1.807, 2.05) is 11.3 Å². The fraction of sp³-hybridized carbons (Fsp3) is 0.500. The van der Waals surface area contributed by atoms with Crippen LogP contribution in [-0.4, -0.2) is 24.1 Å². The third-order valence-corrected chi connectivity index (χ3v) is 6.49. The second-order valence-electron chi connectivity index (χ2n) is 2.32. The second-order valence-corrected chi connectivity index (χ2v) is 6.78. The Morgan fingerprint density at radius 1 is 1.25 bits per heavy atom. The molecule has 0 aromatic carbocycles. The van der Waals surface area contributed by atoms with E-state index in [2.05, 4.69) is 17.5 Å². The molecule has 1 heterocycles. The van der Waals surface area contributed by atoms with Crippen molar-refractivity contribution in [1.29, 1.82) is 0 Å². The molecule has 1 aromatic rings. The molecule has 0 unspecified atom stereocenters. The molecule has 0 aliphatic heterocycles. The molecule has 0 aliphatic rings. The summed E-state index contributed by atoms with van der Waals surface area (Å²) >= 11 is 13.3. The minimum atomic E-state index is -0.0643. The van der Waals surface area contributed by atoms with E-state index in [4.69, 9.17) is 23.2 Å². The lowest BCUT2D eigenvalue weighted by Crippen LogP contribution is -2.03. The third kappa shape index (κ3) is 3.22. The van der Waals surface area contributed by atoms with Crippen LogP contribution in [0.2, 0.25) is 0 Å². The topological polar surface area (TPSA) is 0 Å². The molecule has 0 fully saturated rings. The van der Waals surface area contributed by atoms with Gasteiger partial charge in [-0.2, -0.15) is 0 Å². The monoisotopic (exact) mass is 240 g/mol.